The molecule has 4 rings (SSSR count). The van der Waals surface area contributed by atoms with Gasteiger partial charge in [-0.3, -0.25) is 4.79 Å². The van der Waals surface area contributed by atoms with Crippen LogP contribution in [-0.4, -0.2) is 22.2 Å². The number of rotatable bonds is 5. The molecule has 1 unspecified atom stereocenters. The zero-order valence-corrected chi connectivity index (χ0v) is 19.8. The molecule has 1 aliphatic carbocycles. The maximum atomic E-state index is 12.9. The van der Waals surface area contributed by atoms with Crippen molar-refractivity contribution in [2.45, 2.75) is 39.5 Å². The normalized spacial score (nSPS) is 17.9. The van der Waals surface area contributed by atoms with E-state index in [0.717, 1.165) is 50.1 Å². The minimum atomic E-state index is -1.15. The van der Waals surface area contributed by atoms with Gasteiger partial charge in [-0.2, -0.15) is 0 Å². The molecule has 3 aromatic carbocycles. The predicted molar refractivity (Wildman–Crippen MR) is 135 cm³/mol. The van der Waals surface area contributed by atoms with Gasteiger partial charge < -0.3 is 10.2 Å². The molecule has 3 aromatic rings. The Balaban J connectivity index is 1.81. The van der Waals surface area contributed by atoms with Crippen LogP contribution in [0.1, 0.15) is 52.9 Å². The number of aliphatic carboxylic acids is 1. The van der Waals surface area contributed by atoms with Gasteiger partial charge in [0.1, 0.15) is 5.41 Å². The van der Waals surface area contributed by atoms with Crippen LogP contribution in [0.2, 0.25) is 0 Å². The fourth-order valence-electron chi connectivity index (χ4n) is 5.09. The molecule has 4 heteroatoms. The second-order valence-electron chi connectivity index (χ2n) is 9.14. The Bertz CT molecular complexity index is 1340. The smallest absolute Gasteiger partial charge is 0.335 e. The lowest BCUT2D eigenvalue weighted by Gasteiger charge is -2.37. The van der Waals surface area contributed by atoms with Gasteiger partial charge in [-0.25, -0.2) is 4.79 Å². The van der Waals surface area contributed by atoms with Crippen molar-refractivity contribution >= 4 is 17.5 Å². The molecule has 0 saturated carbocycles. The summed E-state index contributed by atoms with van der Waals surface area (Å²) in [6.07, 6.45) is 2.30. The summed E-state index contributed by atoms with van der Waals surface area (Å²) in [5, 5.41) is 19.7. The molecule has 34 heavy (non-hydrogen) atoms. The number of benzene rings is 3. The monoisotopic (exact) mass is 452 g/mol. The summed E-state index contributed by atoms with van der Waals surface area (Å²) in [5.74, 6) is -1.84. The lowest BCUT2D eigenvalue weighted by molar-refractivity contribution is -0.142. The highest BCUT2D eigenvalue weighted by Crippen LogP contribution is 2.47. The number of allylic oxidation sites excluding steroid dienone is 3. The fraction of sp³-hybridized carbons (Fsp3) is 0.200. The molecule has 0 heterocycles. The first-order valence-electron chi connectivity index (χ1n) is 11.3. The molecule has 1 aliphatic rings. The summed E-state index contributed by atoms with van der Waals surface area (Å²) in [5.41, 5.74) is 7.63. The highest BCUT2D eigenvalue weighted by Gasteiger charge is 2.45. The summed E-state index contributed by atoms with van der Waals surface area (Å²) in [7, 11) is 0. The molecule has 0 radical (unpaired) electrons. The molecular weight excluding hydrogens is 424 g/mol. The Morgan fingerprint density at radius 1 is 0.794 bits per heavy atom. The maximum Gasteiger partial charge on any atom is 0.335 e. The van der Waals surface area contributed by atoms with E-state index in [1.807, 2.05) is 58.0 Å². The van der Waals surface area contributed by atoms with E-state index in [2.05, 4.69) is 18.2 Å². The van der Waals surface area contributed by atoms with Crippen LogP contribution in [0.3, 0.4) is 0 Å². The van der Waals surface area contributed by atoms with Crippen molar-refractivity contribution in [3.8, 4) is 11.1 Å². The fourth-order valence-corrected chi connectivity index (χ4v) is 5.09. The largest absolute Gasteiger partial charge is 0.480 e. The number of carbonyl (C=O) groups is 2. The van der Waals surface area contributed by atoms with E-state index < -0.39 is 17.4 Å². The Labute approximate surface area is 199 Å². The van der Waals surface area contributed by atoms with Gasteiger partial charge in [0.15, 0.2) is 0 Å². The van der Waals surface area contributed by atoms with E-state index >= 15 is 0 Å². The van der Waals surface area contributed by atoms with E-state index in [-0.39, 0.29) is 5.56 Å². The number of hydrogen-bond donors (Lipinski definition) is 2. The highest BCUT2D eigenvalue weighted by molar-refractivity contribution is 5.93. The lowest BCUT2D eigenvalue weighted by Crippen LogP contribution is -2.40. The summed E-state index contributed by atoms with van der Waals surface area (Å²) < 4.78 is 0. The van der Waals surface area contributed by atoms with E-state index in [9.17, 15) is 19.8 Å². The van der Waals surface area contributed by atoms with E-state index in [4.69, 9.17) is 0 Å². The van der Waals surface area contributed by atoms with Crippen LogP contribution in [-0.2, 0) is 10.2 Å². The highest BCUT2D eigenvalue weighted by atomic mass is 16.4. The summed E-state index contributed by atoms with van der Waals surface area (Å²) >= 11 is 0. The first-order chi connectivity index (χ1) is 16.1. The third-order valence-corrected chi connectivity index (χ3v) is 6.95. The van der Waals surface area contributed by atoms with Crippen molar-refractivity contribution in [1.82, 2.24) is 0 Å². The van der Waals surface area contributed by atoms with Crippen LogP contribution in [0.25, 0.3) is 16.7 Å². The van der Waals surface area contributed by atoms with Crippen molar-refractivity contribution in [3.05, 3.63) is 112 Å². The van der Waals surface area contributed by atoms with Crippen molar-refractivity contribution in [2.75, 3.05) is 0 Å². The number of aryl methyl sites for hydroxylation is 2. The molecule has 0 amide bonds. The molecule has 0 saturated heterocycles. The third-order valence-electron chi connectivity index (χ3n) is 6.95. The first kappa shape index (κ1) is 23.2. The van der Waals surface area contributed by atoms with Crippen molar-refractivity contribution in [2.24, 2.45) is 0 Å². The molecule has 172 valence electrons. The Hall–Kier alpha value is -3.92. The van der Waals surface area contributed by atoms with Crippen LogP contribution >= 0.6 is 0 Å². The van der Waals surface area contributed by atoms with Crippen LogP contribution in [0.4, 0.5) is 0 Å². The average Bonchev–Trinajstić information content (AvgIpc) is 2.82. The van der Waals surface area contributed by atoms with E-state index in [1.54, 1.807) is 24.3 Å². The van der Waals surface area contributed by atoms with Gasteiger partial charge in [-0.15, -0.1) is 0 Å². The molecule has 0 spiro atoms. The quantitative estimate of drug-likeness (QED) is 0.446. The minimum Gasteiger partial charge on any atom is -0.480 e. The second-order valence-corrected chi connectivity index (χ2v) is 9.14. The molecular formula is C30H28O4. The van der Waals surface area contributed by atoms with Crippen LogP contribution in [0.15, 0.2) is 84.0 Å². The summed E-state index contributed by atoms with van der Waals surface area (Å²) in [6, 6.07) is 21.0. The molecule has 0 bridgehead atoms. The minimum absolute atomic E-state index is 0.225. The molecule has 2 N–H and O–H groups in total. The van der Waals surface area contributed by atoms with Crippen LogP contribution in [0.5, 0.6) is 0 Å². The molecule has 0 aliphatic heterocycles. The van der Waals surface area contributed by atoms with Gasteiger partial charge in [-0.05, 0) is 85.2 Å². The zero-order chi connectivity index (χ0) is 24.6. The van der Waals surface area contributed by atoms with E-state index in [1.165, 1.54) is 0 Å². The van der Waals surface area contributed by atoms with Crippen molar-refractivity contribution in [3.63, 3.8) is 0 Å². The van der Waals surface area contributed by atoms with Crippen LogP contribution < -0.4 is 0 Å². The first-order valence-corrected chi connectivity index (χ1v) is 11.3. The third kappa shape index (κ3) is 3.86. The Kier molecular flexibility index (Phi) is 6.01. The van der Waals surface area contributed by atoms with Gasteiger partial charge in [0.2, 0.25) is 0 Å². The van der Waals surface area contributed by atoms with Gasteiger partial charge in [0, 0.05) is 0 Å². The number of hydrogen-bond acceptors (Lipinski definition) is 2. The summed E-state index contributed by atoms with van der Waals surface area (Å²) in [4.78, 5) is 24.1. The average molecular weight is 453 g/mol. The van der Waals surface area contributed by atoms with E-state index in [0.29, 0.717) is 6.42 Å². The number of carboxylic acids is 2. The Morgan fingerprint density at radius 2 is 1.44 bits per heavy atom. The standard InChI is InChI=1S/C30H28O4/c1-18-15-27(19(2)14-25(18)22-8-6-5-7-9-22)30(29(33)34)17-20(3)26(16-21(30)4)23-10-12-24(13-11-23)28(31)32/h5-16H,17H2,1-4H3,(H,31,32)(H,33,34). The number of aromatic carboxylic acids is 1. The molecule has 1 atom stereocenters. The number of carboxylic acid groups (broad SMARTS) is 2. The van der Waals surface area contributed by atoms with Gasteiger partial charge in [0.25, 0.3) is 0 Å². The SMILES string of the molecule is CC1=CC(c2ccc(C(=O)O)cc2)=C(C)CC1(C(=O)O)c1cc(C)c(-c2ccccc2)cc1C. The van der Waals surface area contributed by atoms with Gasteiger partial charge in [-0.1, -0.05) is 71.8 Å². The molecule has 0 aromatic heterocycles. The Morgan fingerprint density at radius 3 is 2.03 bits per heavy atom. The lowest BCUT2D eigenvalue weighted by atomic mass is 9.65. The molecule has 0 fully saturated rings. The second kappa shape index (κ2) is 8.79. The predicted octanol–water partition coefficient (Wildman–Crippen LogP) is 6.81. The topological polar surface area (TPSA) is 74.6 Å². The summed E-state index contributed by atoms with van der Waals surface area (Å²) in [6.45, 7) is 7.85. The van der Waals surface area contributed by atoms with Gasteiger partial charge >= 0.3 is 11.9 Å². The van der Waals surface area contributed by atoms with Gasteiger partial charge in [0.05, 0.1) is 5.56 Å². The van der Waals surface area contributed by atoms with Crippen molar-refractivity contribution in [1.29, 1.82) is 0 Å². The van der Waals surface area contributed by atoms with Crippen LogP contribution in [0, 0.1) is 13.8 Å². The van der Waals surface area contributed by atoms with Crippen molar-refractivity contribution < 1.29 is 19.8 Å². The zero-order valence-electron chi connectivity index (χ0n) is 19.8. The molecule has 4 nitrogen and oxygen atoms in total. The maximum absolute atomic E-state index is 12.9.